The predicted octanol–water partition coefficient (Wildman–Crippen LogP) is 0.648. The van der Waals surface area contributed by atoms with E-state index in [1.807, 2.05) is 13.0 Å². The third-order valence-electron chi connectivity index (χ3n) is 4.11. The van der Waals surface area contributed by atoms with Crippen molar-refractivity contribution in [1.29, 1.82) is 0 Å². The smallest absolute Gasteiger partial charge is 0.272 e. The average molecular weight is 276 g/mol. The van der Waals surface area contributed by atoms with Gasteiger partial charge in [-0.25, -0.2) is 0 Å². The van der Waals surface area contributed by atoms with Crippen LogP contribution in [-0.4, -0.2) is 45.6 Å². The minimum atomic E-state index is -0.341. The molecule has 1 aliphatic carbocycles. The van der Waals surface area contributed by atoms with Crippen LogP contribution in [0, 0.1) is 0 Å². The highest BCUT2D eigenvalue weighted by atomic mass is 16.2. The Labute approximate surface area is 118 Å². The standard InChI is InChI=1S/C14H20N4O2/c1-3-18(11-6-7-15-13(11)19)14(20)12-8-10(9-4-5-9)16-17(12)2/h8-9,11H,3-7H2,1-2H3,(H,15,19). The first-order valence-corrected chi connectivity index (χ1v) is 7.24. The lowest BCUT2D eigenvalue weighted by molar-refractivity contribution is -0.123. The van der Waals surface area contributed by atoms with Gasteiger partial charge in [0.25, 0.3) is 5.91 Å². The van der Waals surface area contributed by atoms with Crippen molar-refractivity contribution in [3.8, 4) is 0 Å². The summed E-state index contributed by atoms with van der Waals surface area (Å²) in [6.07, 6.45) is 3.01. The maximum absolute atomic E-state index is 12.7. The number of likely N-dealkylation sites (N-methyl/N-ethyl adjacent to an activating group) is 1. The Balaban J connectivity index is 1.84. The summed E-state index contributed by atoms with van der Waals surface area (Å²) in [4.78, 5) is 26.1. The summed E-state index contributed by atoms with van der Waals surface area (Å²) in [6, 6.07) is 1.54. The molecule has 1 aromatic heterocycles. The highest BCUT2D eigenvalue weighted by molar-refractivity contribution is 5.97. The number of carbonyl (C=O) groups is 2. The molecule has 0 radical (unpaired) electrons. The molecule has 1 unspecified atom stereocenters. The van der Waals surface area contributed by atoms with Gasteiger partial charge in [-0.3, -0.25) is 14.3 Å². The molecule has 0 aromatic carbocycles. The number of hydrogen-bond donors (Lipinski definition) is 1. The van der Waals surface area contributed by atoms with E-state index in [-0.39, 0.29) is 17.9 Å². The second-order valence-corrected chi connectivity index (χ2v) is 5.54. The molecule has 2 heterocycles. The molecule has 1 saturated heterocycles. The Morgan fingerprint density at radius 2 is 2.25 bits per heavy atom. The van der Waals surface area contributed by atoms with Crippen LogP contribution in [0.4, 0.5) is 0 Å². The highest BCUT2D eigenvalue weighted by Gasteiger charge is 2.35. The van der Waals surface area contributed by atoms with E-state index in [2.05, 4.69) is 10.4 Å². The van der Waals surface area contributed by atoms with E-state index in [0.29, 0.717) is 31.1 Å². The molecule has 2 amide bonds. The van der Waals surface area contributed by atoms with Gasteiger partial charge in [0.2, 0.25) is 5.91 Å². The van der Waals surface area contributed by atoms with Gasteiger partial charge in [-0.2, -0.15) is 5.10 Å². The number of amides is 2. The molecule has 20 heavy (non-hydrogen) atoms. The molecule has 6 heteroatoms. The van der Waals surface area contributed by atoms with Gasteiger partial charge in [0.05, 0.1) is 5.69 Å². The minimum Gasteiger partial charge on any atom is -0.354 e. The van der Waals surface area contributed by atoms with E-state index in [0.717, 1.165) is 18.5 Å². The highest BCUT2D eigenvalue weighted by Crippen LogP contribution is 2.39. The first-order chi connectivity index (χ1) is 9.61. The first-order valence-electron chi connectivity index (χ1n) is 7.24. The summed E-state index contributed by atoms with van der Waals surface area (Å²) in [6.45, 7) is 3.08. The fourth-order valence-corrected chi connectivity index (χ4v) is 2.80. The summed E-state index contributed by atoms with van der Waals surface area (Å²) in [5.74, 6) is 0.369. The lowest BCUT2D eigenvalue weighted by atomic mass is 10.2. The molecule has 1 aliphatic heterocycles. The average Bonchev–Trinajstić information content (AvgIpc) is 3.09. The van der Waals surface area contributed by atoms with Gasteiger partial charge in [-0.15, -0.1) is 0 Å². The van der Waals surface area contributed by atoms with Crippen molar-refractivity contribution < 1.29 is 9.59 Å². The quantitative estimate of drug-likeness (QED) is 0.878. The molecular formula is C14H20N4O2. The van der Waals surface area contributed by atoms with Crippen LogP contribution < -0.4 is 5.32 Å². The SMILES string of the molecule is CCN(C(=O)c1cc(C2CC2)nn1C)C1CCNC1=O. The molecule has 1 N–H and O–H groups in total. The summed E-state index contributed by atoms with van der Waals surface area (Å²) >= 11 is 0. The number of rotatable bonds is 4. The van der Waals surface area contributed by atoms with Gasteiger partial charge in [0.1, 0.15) is 11.7 Å². The number of nitrogens with one attached hydrogen (secondary N) is 1. The normalized spacial score (nSPS) is 21.9. The largest absolute Gasteiger partial charge is 0.354 e. The van der Waals surface area contributed by atoms with Gasteiger partial charge < -0.3 is 10.2 Å². The van der Waals surface area contributed by atoms with Gasteiger partial charge in [-0.05, 0) is 32.3 Å². The van der Waals surface area contributed by atoms with E-state index < -0.39 is 0 Å². The van der Waals surface area contributed by atoms with Crippen molar-refractivity contribution in [2.75, 3.05) is 13.1 Å². The van der Waals surface area contributed by atoms with Crippen LogP contribution in [0.5, 0.6) is 0 Å². The van der Waals surface area contributed by atoms with E-state index in [9.17, 15) is 9.59 Å². The molecule has 1 aromatic rings. The third-order valence-corrected chi connectivity index (χ3v) is 4.11. The van der Waals surface area contributed by atoms with Crippen LogP contribution in [0.15, 0.2) is 6.07 Å². The Bertz CT molecular complexity index is 547. The van der Waals surface area contributed by atoms with Crippen LogP contribution in [0.25, 0.3) is 0 Å². The van der Waals surface area contributed by atoms with Gasteiger partial charge in [-0.1, -0.05) is 0 Å². The van der Waals surface area contributed by atoms with E-state index in [4.69, 9.17) is 0 Å². The van der Waals surface area contributed by atoms with E-state index in [1.54, 1.807) is 16.6 Å². The van der Waals surface area contributed by atoms with Crippen molar-refractivity contribution in [2.24, 2.45) is 7.05 Å². The second-order valence-electron chi connectivity index (χ2n) is 5.54. The van der Waals surface area contributed by atoms with Gasteiger partial charge in [0, 0.05) is 26.1 Å². The van der Waals surface area contributed by atoms with Crippen molar-refractivity contribution in [1.82, 2.24) is 20.0 Å². The summed E-state index contributed by atoms with van der Waals surface area (Å²) in [5.41, 5.74) is 1.58. The van der Waals surface area contributed by atoms with Crippen LogP contribution in [0.3, 0.4) is 0 Å². The van der Waals surface area contributed by atoms with Gasteiger partial charge >= 0.3 is 0 Å². The molecule has 3 rings (SSSR count). The molecular weight excluding hydrogens is 256 g/mol. The van der Waals surface area contributed by atoms with Crippen molar-refractivity contribution in [3.63, 3.8) is 0 Å². The Morgan fingerprint density at radius 3 is 2.80 bits per heavy atom. The number of carbonyl (C=O) groups excluding carboxylic acids is 2. The second kappa shape index (κ2) is 4.92. The third kappa shape index (κ3) is 2.19. The maximum atomic E-state index is 12.7. The minimum absolute atomic E-state index is 0.0511. The zero-order valence-corrected chi connectivity index (χ0v) is 11.9. The monoisotopic (exact) mass is 276 g/mol. The van der Waals surface area contributed by atoms with Crippen LogP contribution in [0.2, 0.25) is 0 Å². The van der Waals surface area contributed by atoms with E-state index >= 15 is 0 Å². The fourth-order valence-electron chi connectivity index (χ4n) is 2.80. The Morgan fingerprint density at radius 1 is 1.50 bits per heavy atom. The van der Waals surface area contributed by atoms with Crippen LogP contribution in [0.1, 0.15) is 48.3 Å². The molecule has 0 spiro atoms. The number of nitrogens with zero attached hydrogens (tertiary/aromatic N) is 3. The molecule has 1 saturated carbocycles. The number of hydrogen-bond acceptors (Lipinski definition) is 3. The molecule has 6 nitrogen and oxygen atoms in total. The topological polar surface area (TPSA) is 67.2 Å². The molecule has 2 aliphatic rings. The zero-order chi connectivity index (χ0) is 14.3. The molecule has 108 valence electrons. The lowest BCUT2D eigenvalue weighted by Crippen LogP contribution is -2.44. The van der Waals surface area contributed by atoms with Crippen molar-refractivity contribution in [3.05, 3.63) is 17.5 Å². The molecule has 1 atom stereocenters. The summed E-state index contributed by atoms with van der Waals surface area (Å²) < 4.78 is 1.64. The lowest BCUT2D eigenvalue weighted by Gasteiger charge is -2.25. The van der Waals surface area contributed by atoms with Crippen molar-refractivity contribution in [2.45, 2.75) is 38.1 Å². The fraction of sp³-hybridized carbons (Fsp3) is 0.643. The first kappa shape index (κ1) is 13.1. The Hall–Kier alpha value is -1.85. The molecule has 0 bridgehead atoms. The van der Waals surface area contributed by atoms with Crippen LogP contribution >= 0.6 is 0 Å². The van der Waals surface area contributed by atoms with Gasteiger partial charge in [0.15, 0.2) is 0 Å². The molecule has 2 fully saturated rings. The maximum Gasteiger partial charge on any atom is 0.272 e. The van der Waals surface area contributed by atoms with E-state index in [1.165, 1.54) is 0 Å². The summed E-state index contributed by atoms with van der Waals surface area (Å²) in [5, 5.41) is 7.21. The van der Waals surface area contributed by atoms with Crippen LogP contribution in [-0.2, 0) is 11.8 Å². The van der Waals surface area contributed by atoms with Crippen molar-refractivity contribution >= 4 is 11.8 Å². The predicted molar refractivity (Wildman–Crippen MR) is 73.3 cm³/mol. The number of aromatic nitrogens is 2. The number of aryl methyl sites for hydroxylation is 1. The zero-order valence-electron chi connectivity index (χ0n) is 11.9. The Kier molecular flexibility index (Phi) is 3.23. The summed E-state index contributed by atoms with van der Waals surface area (Å²) in [7, 11) is 1.79.